The summed E-state index contributed by atoms with van der Waals surface area (Å²) < 4.78 is 0. The Balaban J connectivity index is 1.99. The maximum Gasteiger partial charge on any atom is 0.228 e. The van der Waals surface area contributed by atoms with Crippen molar-refractivity contribution in [3.8, 4) is 0 Å². The highest BCUT2D eigenvalue weighted by atomic mass is 16.3. The van der Waals surface area contributed by atoms with Gasteiger partial charge in [0.2, 0.25) is 11.8 Å². The van der Waals surface area contributed by atoms with E-state index in [1.807, 2.05) is 6.92 Å². The van der Waals surface area contributed by atoms with E-state index in [9.17, 15) is 14.7 Å². The zero-order valence-corrected chi connectivity index (χ0v) is 13.8. The number of nitrogens with zero attached hydrogens (tertiary/aromatic N) is 2. The first-order valence-corrected chi connectivity index (χ1v) is 8.23. The van der Waals surface area contributed by atoms with Crippen molar-refractivity contribution < 1.29 is 14.7 Å². The standard InChI is InChI=1S/C16H29N3O3/c1-15(7-10-18(2)11-8-15)14(21)19-9-3-5-16(22,12-19)6-4-13(17)20/h22H,3-12H2,1-2H3,(H2,17,20)/t16-/m1/s1. The molecule has 6 nitrogen and oxygen atoms in total. The molecular formula is C16H29N3O3. The molecule has 0 aromatic rings. The minimum Gasteiger partial charge on any atom is -0.388 e. The third kappa shape index (κ3) is 3.98. The molecule has 2 rings (SSSR count). The van der Waals surface area contributed by atoms with Crippen LogP contribution in [0.5, 0.6) is 0 Å². The van der Waals surface area contributed by atoms with Crippen molar-refractivity contribution in [2.24, 2.45) is 11.1 Å². The number of hydrogen-bond donors (Lipinski definition) is 2. The summed E-state index contributed by atoms with van der Waals surface area (Å²) in [5, 5.41) is 10.7. The molecule has 0 unspecified atom stereocenters. The predicted molar refractivity (Wildman–Crippen MR) is 84.0 cm³/mol. The van der Waals surface area contributed by atoms with Gasteiger partial charge in [-0.1, -0.05) is 6.92 Å². The van der Waals surface area contributed by atoms with Crippen LogP contribution in [0, 0.1) is 5.41 Å². The van der Waals surface area contributed by atoms with Crippen molar-refractivity contribution in [1.29, 1.82) is 0 Å². The van der Waals surface area contributed by atoms with E-state index >= 15 is 0 Å². The first-order chi connectivity index (χ1) is 10.2. The molecule has 22 heavy (non-hydrogen) atoms. The van der Waals surface area contributed by atoms with Crippen molar-refractivity contribution in [2.75, 3.05) is 33.2 Å². The lowest BCUT2D eigenvalue weighted by atomic mass is 9.78. The fourth-order valence-corrected chi connectivity index (χ4v) is 3.55. The molecule has 3 N–H and O–H groups in total. The average molecular weight is 311 g/mol. The highest BCUT2D eigenvalue weighted by molar-refractivity contribution is 5.82. The van der Waals surface area contributed by atoms with Gasteiger partial charge >= 0.3 is 0 Å². The van der Waals surface area contributed by atoms with E-state index in [-0.39, 0.29) is 17.7 Å². The number of rotatable bonds is 4. The van der Waals surface area contributed by atoms with Crippen LogP contribution in [0.25, 0.3) is 0 Å². The van der Waals surface area contributed by atoms with Crippen molar-refractivity contribution in [3.05, 3.63) is 0 Å². The maximum atomic E-state index is 12.9. The summed E-state index contributed by atoms with van der Waals surface area (Å²) in [6, 6.07) is 0. The van der Waals surface area contributed by atoms with E-state index in [4.69, 9.17) is 5.73 Å². The average Bonchev–Trinajstić information content (AvgIpc) is 2.48. The van der Waals surface area contributed by atoms with Crippen LogP contribution in [0.15, 0.2) is 0 Å². The Morgan fingerprint density at radius 3 is 2.41 bits per heavy atom. The summed E-state index contributed by atoms with van der Waals surface area (Å²) in [7, 11) is 2.08. The Bertz CT molecular complexity index is 432. The summed E-state index contributed by atoms with van der Waals surface area (Å²) in [4.78, 5) is 27.9. The molecule has 126 valence electrons. The van der Waals surface area contributed by atoms with Gasteiger partial charge in [-0.25, -0.2) is 0 Å². The van der Waals surface area contributed by atoms with Crippen molar-refractivity contribution >= 4 is 11.8 Å². The Hall–Kier alpha value is -1.14. The van der Waals surface area contributed by atoms with Gasteiger partial charge in [-0.15, -0.1) is 0 Å². The van der Waals surface area contributed by atoms with Crippen molar-refractivity contribution in [1.82, 2.24) is 9.80 Å². The van der Waals surface area contributed by atoms with Gasteiger partial charge in [0.1, 0.15) is 0 Å². The summed E-state index contributed by atoms with van der Waals surface area (Å²) in [5.74, 6) is -0.253. The molecule has 2 amide bonds. The van der Waals surface area contributed by atoms with Gasteiger partial charge < -0.3 is 20.6 Å². The van der Waals surface area contributed by atoms with Crippen LogP contribution in [-0.4, -0.2) is 65.5 Å². The van der Waals surface area contributed by atoms with Crippen LogP contribution >= 0.6 is 0 Å². The first-order valence-electron chi connectivity index (χ1n) is 8.23. The van der Waals surface area contributed by atoms with Crippen LogP contribution < -0.4 is 5.73 Å². The lowest BCUT2D eigenvalue weighted by Crippen LogP contribution is -2.55. The van der Waals surface area contributed by atoms with Gasteiger partial charge in [-0.05, 0) is 52.2 Å². The molecular weight excluding hydrogens is 282 g/mol. The van der Waals surface area contributed by atoms with Gasteiger partial charge in [0.25, 0.3) is 0 Å². The van der Waals surface area contributed by atoms with E-state index < -0.39 is 11.5 Å². The SMILES string of the molecule is CN1CCC(C)(C(=O)N2CCC[C@@](O)(CCC(N)=O)C2)CC1. The molecule has 0 radical (unpaired) electrons. The molecule has 0 spiro atoms. The summed E-state index contributed by atoms with van der Waals surface area (Å²) >= 11 is 0. The van der Waals surface area contributed by atoms with Gasteiger partial charge in [0, 0.05) is 24.9 Å². The van der Waals surface area contributed by atoms with Crippen molar-refractivity contribution in [3.63, 3.8) is 0 Å². The van der Waals surface area contributed by atoms with Crippen LogP contribution in [0.4, 0.5) is 0 Å². The van der Waals surface area contributed by atoms with E-state index in [0.717, 1.165) is 32.4 Å². The Morgan fingerprint density at radius 2 is 1.82 bits per heavy atom. The van der Waals surface area contributed by atoms with Gasteiger partial charge in [0.15, 0.2) is 0 Å². The Kier molecular flexibility index (Phi) is 5.12. The van der Waals surface area contributed by atoms with Crippen molar-refractivity contribution in [2.45, 2.75) is 51.0 Å². The van der Waals surface area contributed by atoms with Crippen LogP contribution in [0.2, 0.25) is 0 Å². The lowest BCUT2D eigenvalue weighted by Gasteiger charge is -2.45. The minimum atomic E-state index is -0.968. The molecule has 0 aromatic heterocycles. The number of β-amino-alcohol motifs (C(OH)–C–C–N with tert-alkyl or cyclic N) is 1. The predicted octanol–water partition coefficient (Wildman–Crippen LogP) is 0.337. The van der Waals surface area contributed by atoms with E-state index in [1.165, 1.54) is 0 Å². The second-order valence-corrected chi connectivity index (χ2v) is 7.38. The number of piperidine rings is 2. The molecule has 0 aromatic carbocycles. The monoisotopic (exact) mass is 311 g/mol. The van der Waals surface area contributed by atoms with Gasteiger partial charge in [0.05, 0.1) is 5.60 Å². The van der Waals surface area contributed by atoms with E-state index in [0.29, 0.717) is 25.9 Å². The highest BCUT2D eigenvalue weighted by Crippen LogP contribution is 2.35. The minimum absolute atomic E-state index is 0.151. The Morgan fingerprint density at radius 1 is 1.18 bits per heavy atom. The second kappa shape index (κ2) is 6.54. The molecule has 0 aliphatic carbocycles. The number of primary amides is 1. The van der Waals surface area contributed by atoms with Crippen LogP contribution in [-0.2, 0) is 9.59 Å². The zero-order chi connectivity index (χ0) is 16.4. The van der Waals surface area contributed by atoms with Gasteiger partial charge in [-0.2, -0.15) is 0 Å². The number of hydrogen-bond acceptors (Lipinski definition) is 4. The zero-order valence-electron chi connectivity index (χ0n) is 13.8. The third-order valence-corrected chi connectivity index (χ3v) is 5.29. The molecule has 2 saturated heterocycles. The number of carbonyl (C=O) groups is 2. The fraction of sp³-hybridized carbons (Fsp3) is 0.875. The van der Waals surface area contributed by atoms with Gasteiger partial charge in [-0.3, -0.25) is 9.59 Å². The fourth-order valence-electron chi connectivity index (χ4n) is 3.55. The number of likely N-dealkylation sites (tertiary alicyclic amines) is 2. The van der Waals surface area contributed by atoms with E-state index in [2.05, 4.69) is 11.9 Å². The molecule has 0 bridgehead atoms. The number of aliphatic hydroxyl groups is 1. The quantitative estimate of drug-likeness (QED) is 0.784. The van der Waals surface area contributed by atoms with Crippen LogP contribution in [0.3, 0.4) is 0 Å². The molecule has 6 heteroatoms. The topological polar surface area (TPSA) is 86.9 Å². The number of nitrogens with two attached hydrogens (primary N) is 1. The molecule has 2 heterocycles. The first kappa shape index (κ1) is 17.2. The highest BCUT2D eigenvalue weighted by Gasteiger charge is 2.43. The van der Waals surface area contributed by atoms with Crippen LogP contribution in [0.1, 0.15) is 45.4 Å². The normalized spacial score (nSPS) is 29.3. The summed E-state index contributed by atoms with van der Waals surface area (Å²) in [5.41, 5.74) is 3.89. The smallest absolute Gasteiger partial charge is 0.228 e. The Labute approximate surface area is 132 Å². The van der Waals surface area contributed by atoms with E-state index in [1.54, 1.807) is 4.90 Å². The molecule has 1 atom stereocenters. The molecule has 2 aliphatic heterocycles. The summed E-state index contributed by atoms with van der Waals surface area (Å²) in [6.45, 7) is 4.93. The number of carbonyl (C=O) groups excluding carboxylic acids is 2. The largest absolute Gasteiger partial charge is 0.388 e. The summed E-state index contributed by atoms with van der Waals surface area (Å²) in [6.07, 6.45) is 3.63. The second-order valence-electron chi connectivity index (χ2n) is 7.38. The maximum absolute atomic E-state index is 12.9. The molecule has 0 saturated carbocycles. The molecule has 2 fully saturated rings. The molecule has 2 aliphatic rings. The third-order valence-electron chi connectivity index (χ3n) is 5.29. The number of amides is 2. The lowest BCUT2D eigenvalue weighted by molar-refractivity contribution is -0.151.